The molecule has 19 heavy (non-hydrogen) atoms. The van der Waals surface area contributed by atoms with Gasteiger partial charge in [-0.05, 0) is 49.7 Å². The predicted octanol–water partition coefficient (Wildman–Crippen LogP) is 2.93. The second kappa shape index (κ2) is 7.61. The molecule has 0 saturated heterocycles. The van der Waals surface area contributed by atoms with Gasteiger partial charge in [0.05, 0.1) is 0 Å². The fraction of sp³-hybridized carbons (Fsp3) is 0.688. The number of hydrogen-bond acceptors (Lipinski definition) is 3. The zero-order valence-corrected chi connectivity index (χ0v) is 13.1. The molecule has 0 spiro atoms. The molecular formula is C16H29N3. The Hall–Kier alpha value is -0.930. The molecule has 1 unspecified atom stereocenters. The van der Waals surface area contributed by atoms with Crippen LogP contribution in [0.5, 0.6) is 0 Å². The van der Waals surface area contributed by atoms with Crippen LogP contribution in [0.15, 0.2) is 24.5 Å². The van der Waals surface area contributed by atoms with Crippen LogP contribution in [-0.2, 0) is 6.54 Å². The molecule has 3 heteroatoms. The van der Waals surface area contributed by atoms with E-state index in [2.05, 4.69) is 62.1 Å². The predicted molar refractivity (Wildman–Crippen MR) is 82.1 cm³/mol. The van der Waals surface area contributed by atoms with E-state index in [9.17, 15) is 0 Å². The molecular weight excluding hydrogens is 234 g/mol. The van der Waals surface area contributed by atoms with Gasteiger partial charge >= 0.3 is 0 Å². The summed E-state index contributed by atoms with van der Waals surface area (Å²) >= 11 is 0. The van der Waals surface area contributed by atoms with Crippen molar-refractivity contribution in [2.24, 2.45) is 5.41 Å². The molecule has 1 aromatic rings. The largest absolute Gasteiger partial charge is 0.316 e. The Labute approximate surface area is 118 Å². The van der Waals surface area contributed by atoms with Crippen LogP contribution >= 0.6 is 0 Å². The highest BCUT2D eigenvalue weighted by Gasteiger charge is 2.23. The van der Waals surface area contributed by atoms with Crippen molar-refractivity contribution >= 4 is 0 Å². The summed E-state index contributed by atoms with van der Waals surface area (Å²) in [5.41, 5.74) is 1.65. The maximum Gasteiger partial charge on any atom is 0.0271 e. The van der Waals surface area contributed by atoms with Crippen LogP contribution < -0.4 is 5.32 Å². The van der Waals surface area contributed by atoms with Crippen LogP contribution in [0.4, 0.5) is 0 Å². The van der Waals surface area contributed by atoms with Gasteiger partial charge in [-0.25, -0.2) is 0 Å². The second-order valence-electron chi connectivity index (χ2n) is 6.22. The lowest BCUT2D eigenvalue weighted by atomic mass is 9.85. The van der Waals surface area contributed by atoms with E-state index >= 15 is 0 Å². The van der Waals surface area contributed by atoms with Gasteiger partial charge < -0.3 is 5.32 Å². The third-order valence-corrected chi connectivity index (χ3v) is 3.73. The lowest BCUT2D eigenvalue weighted by Gasteiger charge is -2.32. The second-order valence-corrected chi connectivity index (χ2v) is 6.22. The molecule has 0 bridgehead atoms. The van der Waals surface area contributed by atoms with Gasteiger partial charge in [-0.1, -0.05) is 27.7 Å². The summed E-state index contributed by atoms with van der Waals surface area (Å²) in [5.74, 6) is 0. The van der Waals surface area contributed by atoms with E-state index in [0.29, 0.717) is 11.5 Å². The molecule has 1 heterocycles. The molecule has 0 radical (unpaired) electrons. The Morgan fingerprint density at radius 2 is 1.89 bits per heavy atom. The zero-order chi connectivity index (χ0) is 14.3. The molecule has 0 aromatic carbocycles. The molecule has 0 saturated carbocycles. The SMILES string of the molecule is CCN(CCC(NC)C(C)(C)C)Cc1ccncc1. The van der Waals surface area contributed by atoms with Gasteiger partial charge in [0.15, 0.2) is 0 Å². The van der Waals surface area contributed by atoms with E-state index in [4.69, 9.17) is 0 Å². The van der Waals surface area contributed by atoms with E-state index in [0.717, 1.165) is 19.6 Å². The summed E-state index contributed by atoms with van der Waals surface area (Å²) in [4.78, 5) is 6.56. The van der Waals surface area contributed by atoms with Crippen molar-refractivity contribution in [3.63, 3.8) is 0 Å². The highest BCUT2D eigenvalue weighted by Crippen LogP contribution is 2.21. The van der Waals surface area contributed by atoms with Crippen molar-refractivity contribution in [1.82, 2.24) is 15.2 Å². The minimum Gasteiger partial charge on any atom is -0.316 e. The van der Waals surface area contributed by atoms with Crippen LogP contribution in [-0.4, -0.2) is 36.1 Å². The zero-order valence-electron chi connectivity index (χ0n) is 13.1. The van der Waals surface area contributed by atoms with E-state index in [1.54, 1.807) is 0 Å². The van der Waals surface area contributed by atoms with E-state index in [1.165, 1.54) is 12.0 Å². The molecule has 0 aliphatic rings. The molecule has 0 aliphatic heterocycles. The standard InChI is InChI=1S/C16H29N3/c1-6-19(13-14-7-10-18-11-8-14)12-9-15(17-5)16(2,3)4/h7-8,10-11,15,17H,6,9,12-13H2,1-5H3. The number of rotatable bonds is 7. The molecule has 1 aromatic heterocycles. The third kappa shape index (κ3) is 5.70. The average Bonchev–Trinajstić information content (AvgIpc) is 2.37. The van der Waals surface area contributed by atoms with Crippen molar-refractivity contribution in [2.75, 3.05) is 20.1 Å². The minimum absolute atomic E-state index is 0.310. The van der Waals surface area contributed by atoms with Crippen molar-refractivity contribution in [2.45, 2.75) is 46.7 Å². The fourth-order valence-corrected chi connectivity index (χ4v) is 2.42. The smallest absolute Gasteiger partial charge is 0.0271 e. The lowest BCUT2D eigenvalue weighted by Crippen LogP contribution is -2.41. The number of nitrogens with zero attached hydrogens (tertiary/aromatic N) is 2. The lowest BCUT2D eigenvalue weighted by molar-refractivity contribution is 0.211. The first-order valence-corrected chi connectivity index (χ1v) is 7.26. The molecule has 0 fully saturated rings. The Bertz CT molecular complexity index is 343. The first-order valence-electron chi connectivity index (χ1n) is 7.26. The van der Waals surface area contributed by atoms with Gasteiger partial charge in [-0.2, -0.15) is 0 Å². The summed E-state index contributed by atoms with van der Waals surface area (Å²) < 4.78 is 0. The van der Waals surface area contributed by atoms with Gasteiger partial charge in [0.1, 0.15) is 0 Å². The normalized spacial score (nSPS) is 13.8. The van der Waals surface area contributed by atoms with Crippen molar-refractivity contribution in [1.29, 1.82) is 0 Å². The summed E-state index contributed by atoms with van der Waals surface area (Å²) in [6, 6.07) is 4.75. The summed E-state index contributed by atoms with van der Waals surface area (Å²) in [7, 11) is 2.06. The Balaban J connectivity index is 2.49. The average molecular weight is 263 g/mol. The third-order valence-electron chi connectivity index (χ3n) is 3.73. The fourth-order valence-electron chi connectivity index (χ4n) is 2.42. The number of nitrogens with one attached hydrogen (secondary N) is 1. The highest BCUT2D eigenvalue weighted by molar-refractivity contribution is 5.09. The number of aromatic nitrogens is 1. The van der Waals surface area contributed by atoms with Crippen molar-refractivity contribution in [3.8, 4) is 0 Å². The summed E-state index contributed by atoms with van der Waals surface area (Å²) in [5, 5.41) is 3.45. The first kappa shape index (κ1) is 16.1. The Morgan fingerprint density at radius 1 is 1.26 bits per heavy atom. The minimum atomic E-state index is 0.310. The van der Waals surface area contributed by atoms with Crippen LogP contribution in [0.1, 0.15) is 39.7 Å². The van der Waals surface area contributed by atoms with E-state index in [1.807, 2.05) is 12.4 Å². The molecule has 0 amide bonds. The van der Waals surface area contributed by atoms with Gasteiger partial charge in [0.25, 0.3) is 0 Å². The Morgan fingerprint density at radius 3 is 2.37 bits per heavy atom. The van der Waals surface area contributed by atoms with E-state index in [-0.39, 0.29) is 0 Å². The molecule has 108 valence electrons. The first-order chi connectivity index (χ1) is 8.97. The maximum absolute atomic E-state index is 4.07. The van der Waals surface area contributed by atoms with Gasteiger partial charge in [0.2, 0.25) is 0 Å². The maximum atomic E-state index is 4.07. The highest BCUT2D eigenvalue weighted by atomic mass is 15.1. The summed E-state index contributed by atoms with van der Waals surface area (Å²) in [6.07, 6.45) is 4.92. The Kier molecular flexibility index (Phi) is 6.46. The number of pyridine rings is 1. The molecule has 1 rings (SSSR count). The van der Waals surface area contributed by atoms with Gasteiger partial charge in [-0.3, -0.25) is 9.88 Å². The van der Waals surface area contributed by atoms with Crippen LogP contribution in [0.25, 0.3) is 0 Å². The molecule has 1 atom stereocenters. The topological polar surface area (TPSA) is 28.2 Å². The van der Waals surface area contributed by atoms with Crippen LogP contribution in [0.3, 0.4) is 0 Å². The van der Waals surface area contributed by atoms with Crippen LogP contribution in [0.2, 0.25) is 0 Å². The monoisotopic (exact) mass is 263 g/mol. The van der Waals surface area contributed by atoms with Gasteiger partial charge in [-0.15, -0.1) is 0 Å². The van der Waals surface area contributed by atoms with E-state index < -0.39 is 0 Å². The molecule has 1 N–H and O–H groups in total. The molecule has 3 nitrogen and oxygen atoms in total. The van der Waals surface area contributed by atoms with Crippen LogP contribution in [0, 0.1) is 5.41 Å². The van der Waals surface area contributed by atoms with Crippen molar-refractivity contribution < 1.29 is 0 Å². The van der Waals surface area contributed by atoms with Crippen molar-refractivity contribution in [3.05, 3.63) is 30.1 Å². The number of hydrogen-bond donors (Lipinski definition) is 1. The van der Waals surface area contributed by atoms with Gasteiger partial charge in [0, 0.05) is 25.0 Å². The molecule has 0 aliphatic carbocycles. The summed E-state index contributed by atoms with van der Waals surface area (Å²) in [6.45, 7) is 12.4. The quantitative estimate of drug-likeness (QED) is 0.820.